The Morgan fingerprint density at radius 1 is 0.978 bits per heavy atom. The van der Waals surface area contributed by atoms with Crippen LogP contribution < -0.4 is 9.62 Å². The number of nitrogens with one attached hydrogen (secondary N) is 1. The fourth-order valence-corrected chi connectivity index (χ4v) is 5.68. The largest absolute Gasteiger partial charge is 0.455 e. The van der Waals surface area contributed by atoms with Crippen LogP contribution in [0.15, 0.2) is 81.6 Å². The predicted octanol–water partition coefficient (Wildman–Crippen LogP) is 6.67. The SMILES string of the molecule is CNC(=O)c1c(-c2ccc(F)cc2)oc2cc(N(C)S(C)(=O)=O)c(-c3ccc(CC#N)c(-c4nc5c(F)cccc5o4)c3)cc12. The molecule has 0 atom stereocenters. The molecule has 6 aromatic rings. The smallest absolute Gasteiger partial charge is 0.255 e. The van der Waals surface area contributed by atoms with Crippen molar-refractivity contribution in [3.8, 4) is 40.0 Å². The molecule has 0 bridgehead atoms. The number of halogens is 2. The van der Waals surface area contributed by atoms with E-state index in [1.807, 2.05) is 0 Å². The molecular weight excluding hydrogens is 602 g/mol. The Hall–Kier alpha value is -5.54. The van der Waals surface area contributed by atoms with Crippen LogP contribution in [0.4, 0.5) is 14.5 Å². The Morgan fingerprint density at radius 3 is 2.38 bits per heavy atom. The number of carbonyl (C=O) groups excluding carboxylic acids is 1. The second kappa shape index (κ2) is 11.2. The van der Waals surface area contributed by atoms with E-state index in [1.165, 1.54) is 56.6 Å². The zero-order valence-electron chi connectivity index (χ0n) is 24.2. The van der Waals surface area contributed by atoms with Crippen LogP contribution in [0.5, 0.6) is 0 Å². The monoisotopic (exact) mass is 626 g/mol. The summed E-state index contributed by atoms with van der Waals surface area (Å²) in [5.41, 5.74) is 3.17. The summed E-state index contributed by atoms with van der Waals surface area (Å²) in [5.74, 6) is -1.25. The number of anilines is 1. The van der Waals surface area contributed by atoms with Gasteiger partial charge in [-0.1, -0.05) is 18.2 Å². The first-order valence-electron chi connectivity index (χ1n) is 13.6. The number of hydrogen-bond donors (Lipinski definition) is 1. The van der Waals surface area contributed by atoms with Gasteiger partial charge in [0.15, 0.2) is 11.4 Å². The van der Waals surface area contributed by atoms with E-state index in [2.05, 4.69) is 16.4 Å². The zero-order valence-corrected chi connectivity index (χ0v) is 25.0. The van der Waals surface area contributed by atoms with Crippen molar-refractivity contribution in [1.82, 2.24) is 10.3 Å². The van der Waals surface area contributed by atoms with E-state index in [-0.39, 0.29) is 46.0 Å². The lowest BCUT2D eigenvalue weighted by atomic mass is 9.94. The van der Waals surface area contributed by atoms with Crippen LogP contribution in [0.1, 0.15) is 15.9 Å². The third-order valence-electron chi connectivity index (χ3n) is 7.49. The zero-order chi connectivity index (χ0) is 32.0. The summed E-state index contributed by atoms with van der Waals surface area (Å²) in [7, 11) is -0.931. The van der Waals surface area contributed by atoms with Gasteiger partial charge in [-0.05, 0) is 59.7 Å². The Morgan fingerprint density at radius 2 is 1.71 bits per heavy atom. The summed E-state index contributed by atoms with van der Waals surface area (Å²) in [4.78, 5) is 17.6. The van der Waals surface area contributed by atoms with E-state index in [0.717, 1.165) is 10.6 Å². The summed E-state index contributed by atoms with van der Waals surface area (Å²) >= 11 is 0. The van der Waals surface area contributed by atoms with Crippen LogP contribution in [0, 0.1) is 23.0 Å². The number of oxazole rings is 1. The number of amides is 1. The maximum atomic E-state index is 14.5. The minimum absolute atomic E-state index is 0.00443. The summed E-state index contributed by atoms with van der Waals surface area (Å²) in [6, 6.07) is 20.1. The molecule has 45 heavy (non-hydrogen) atoms. The number of aromatic nitrogens is 1. The molecule has 1 amide bonds. The van der Waals surface area contributed by atoms with Gasteiger partial charge < -0.3 is 14.2 Å². The fraction of sp³-hybridized carbons (Fsp3) is 0.121. The molecule has 0 unspecified atom stereocenters. The van der Waals surface area contributed by atoms with Gasteiger partial charge in [0.05, 0.1) is 30.0 Å². The molecule has 0 aliphatic rings. The molecule has 0 saturated carbocycles. The highest BCUT2D eigenvalue weighted by molar-refractivity contribution is 7.92. The van der Waals surface area contributed by atoms with E-state index in [1.54, 1.807) is 30.3 Å². The Bertz CT molecular complexity index is 2290. The first-order valence-corrected chi connectivity index (χ1v) is 15.4. The molecule has 9 nitrogen and oxygen atoms in total. The molecule has 6 rings (SSSR count). The highest BCUT2D eigenvalue weighted by Gasteiger charge is 2.26. The van der Waals surface area contributed by atoms with E-state index in [4.69, 9.17) is 8.83 Å². The van der Waals surface area contributed by atoms with E-state index in [0.29, 0.717) is 33.2 Å². The molecule has 4 aromatic carbocycles. The Kier molecular flexibility index (Phi) is 7.34. The highest BCUT2D eigenvalue weighted by Crippen LogP contribution is 2.42. The molecule has 0 radical (unpaired) electrons. The van der Waals surface area contributed by atoms with Crippen LogP contribution in [-0.4, -0.2) is 39.7 Å². The van der Waals surface area contributed by atoms with Crippen LogP contribution in [0.25, 0.3) is 56.0 Å². The molecule has 2 aromatic heterocycles. The first kappa shape index (κ1) is 29.5. The van der Waals surface area contributed by atoms with Crippen molar-refractivity contribution in [3.05, 3.63) is 95.6 Å². The van der Waals surface area contributed by atoms with Crippen molar-refractivity contribution in [1.29, 1.82) is 5.26 Å². The molecule has 0 aliphatic carbocycles. The molecule has 0 aliphatic heterocycles. The number of nitrogens with zero attached hydrogens (tertiary/aromatic N) is 3. The van der Waals surface area contributed by atoms with Crippen molar-refractivity contribution < 1.29 is 30.8 Å². The van der Waals surface area contributed by atoms with Gasteiger partial charge in [-0.15, -0.1) is 0 Å². The quantitative estimate of drug-likeness (QED) is 0.209. The van der Waals surface area contributed by atoms with Gasteiger partial charge in [-0.3, -0.25) is 9.10 Å². The second-order valence-corrected chi connectivity index (χ2v) is 12.3. The van der Waals surface area contributed by atoms with E-state index < -0.39 is 27.6 Å². The normalized spacial score (nSPS) is 11.6. The molecule has 0 spiro atoms. The summed E-state index contributed by atoms with van der Waals surface area (Å²) < 4.78 is 66.9. The van der Waals surface area contributed by atoms with Crippen molar-refractivity contribution in [2.24, 2.45) is 0 Å². The maximum absolute atomic E-state index is 14.5. The van der Waals surface area contributed by atoms with Crippen molar-refractivity contribution in [2.45, 2.75) is 6.42 Å². The molecule has 226 valence electrons. The molecule has 0 fully saturated rings. The van der Waals surface area contributed by atoms with Crippen LogP contribution in [0.2, 0.25) is 0 Å². The third kappa shape index (κ3) is 5.27. The van der Waals surface area contributed by atoms with E-state index >= 15 is 0 Å². The number of nitriles is 1. The minimum Gasteiger partial charge on any atom is -0.455 e. The van der Waals surface area contributed by atoms with Crippen molar-refractivity contribution >= 4 is 43.7 Å². The molecule has 2 heterocycles. The lowest BCUT2D eigenvalue weighted by molar-refractivity contribution is 0.0964. The molecule has 12 heteroatoms. The number of carbonyl (C=O) groups is 1. The average molecular weight is 627 g/mol. The van der Waals surface area contributed by atoms with Gasteiger partial charge in [-0.25, -0.2) is 22.2 Å². The minimum atomic E-state index is -3.78. The number of hydrogen-bond acceptors (Lipinski definition) is 7. The van der Waals surface area contributed by atoms with Gasteiger partial charge in [0.1, 0.15) is 22.7 Å². The van der Waals surface area contributed by atoms with Gasteiger partial charge in [-0.2, -0.15) is 5.26 Å². The van der Waals surface area contributed by atoms with Gasteiger partial charge in [0.25, 0.3) is 5.91 Å². The predicted molar refractivity (Wildman–Crippen MR) is 166 cm³/mol. The average Bonchev–Trinajstić information content (AvgIpc) is 3.62. The number of sulfonamides is 1. The number of para-hydroxylation sites is 1. The summed E-state index contributed by atoms with van der Waals surface area (Å²) in [6.07, 6.45) is 1.05. The second-order valence-electron chi connectivity index (χ2n) is 10.3. The van der Waals surface area contributed by atoms with Gasteiger partial charge in [0, 0.05) is 42.2 Å². The lowest BCUT2D eigenvalue weighted by Crippen LogP contribution is -2.25. The number of benzene rings is 4. The Labute approximate surface area is 256 Å². The number of furan rings is 1. The highest BCUT2D eigenvalue weighted by atomic mass is 32.2. The molecule has 1 N–H and O–H groups in total. The van der Waals surface area contributed by atoms with Crippen molar-refractivity contribution in [3.63, 3.8) is 0 Å². The van der Waals surface area contributed by atoms with Crippen LogP contribution >= 0.6 is 0 Å². The van der Waals surface area contributed by atoms with Crippen LogP contribution in [0.3, 0.4) is 0 Å². The standard InChI is InChI=1S/C33H24F2N4O5S/c1-37-32(40)29-24-16-22(26(39(2)45(3,41)42)17-28(24)43-31(29)19-9-11-21(34)12-10-19)20-8-7-18(13-14-36)23(15-20)33-38-30-25(35)5-4-6-27(30)44-33/h4-12,15-17H,13H2,1-3H3,(H,37,40). The van der Waals surface area contributed by atoms with E-state index in [9.17, 15) is 27.3 Å². The van der Waals surface area contributed by atoms with Gasteiger partial charge >= 0.3 is 0 Å². The maximum Gasteiger partial charge on any atom is 0.255 e. The topological polar surface area (TPSA) is 129 Å². The van der Waals surface area contributed by atoms with Gasteiger partial charge in [0.2, 0.25) is 15.9 Å². The Balaban J connectivity index is 1.65. The van der Waals surface area contributed by atoms with Crippen molar-refractivity contribution in [2.75, 3.05) is 24.7 Å². The summed E-state index contributed by atoms with van der Waals surface area (Å²) in [6.45, 7) is 0. The number of rotatable bonds is 7. The third-order valence-corrected chi connectivity index (χ3v) is 8.69. The van der Waals surface area contributed by atoms with Crippen LogP contribution in [-0.2, 0) is 16.4 Å². The molecule has 0 saturated heterocycles. The lowest BCUT2D eigenvalue weighted by Gasteiger charge is -2.21. The first-order chi connectivity index (χ1) is 21.5. The molecular formula is C33H24F2N4O5S. The summed E-state index contributed by atoms with van der Waals surface area (Å²) in [5, 5.41) is 12.5. The number of fused-ring (bicyclic) bond motifs is 2. The fourth-order valence-electron chi connectivity index (χ4n) is 5.17.